The van der Waals surface area contributed by atoms with E-state index in [9.17, 15) is 9.90 Å². The topological polar surface area (TPSA) is 109 Å². The first-order valence-electron chi connectivity index (χ1n) is 12.9. The summed E-state index contributed by atoms with van der Waals surface area (Å²) in [5, 5.41) is 10.7. The van der Waals surface area contributed by atoms with Crippen LogP contribution in [0.4, 0.5) is 10.2 Å². The lowest BCUT2D eigenvalue weighted by Crippen LogP contribution is -2.49. The summed E-state index contributed by atoms with van der Waals surface area (Å²) in [4.78, 5) is 16.2. The molecule has 0 amide bonds. The van der Waals surface area contributed by atoms with Crippen LogP contribution in [0, 0.1) is 5.92 Å². The molecule has 13 heteroatoms. The molecule has 3 N–H and O–H groups in total. The molecule has 1 saturated heterocycles. The summed E-state index contributed by atoms with van der Waals surface area (Å²) in [6.07, 6.45) is -2.73. The zero-order chi connectivity index (χ0) is 28.6. The fraction of sp³-hybridized carbons (Fsp3) is 0.760. The van der Waals surface area contributed by atoms with Crippen LogP contribution in [-0.2, 0) is 25.5 Å². The van der Waals surface area contributed by atoms with Gasteiger partial charge in [-0.05, 0) is 63.2 Å². The lowest BCUT2D eigenvalue weighted by Gasteiger charge is -2.39. The Balaban J connectivity index is 1.75. The molecule has 38 heavy (non-hydrogen) atoms. The Labute approximate surface area is 236 Å². The number of rotatable bonds is 9. The third kappa shape index (κ3) is 7.12. The van der Waals surface area contributed by atoms with Crippen LogP contribution in [-0.4, -0.2) is 58.8 Å². The van der Waals surface area contributed by atoms with Crippen LogP contribution in [0.1, 0.15) is 60.1 Å². The van der Waals surface area contributed by atoms with E-state index < -0.39 is 55.6 Å². The van der Waals surface area contributed by atoms with Crippen LogP contribution in [0.2, 0.25) is 18.1 Å². The first kappa shape index (κ1) is 31.8. The lowest BCUT2D eigenvalue weighted by molar-refractivity contribution is -0.0413. The van der Waals surface area contributed by atoms with Gasteiger partial charge in [0.15, 0.2) is 20.7 Å². The molecule has 2 unspecified atom stereocenters. The molecule has 3 rings (SSSR count). The van der Waals surface area contributed by atoms with Crippen molar-refractivity contribution >= 4 is 43.4 Å². The van der Waals surface area contributed by atoms with Crippen LogP contribution in [0.3, 0.4) is 0 Å². The molecule has 2 heterocycles. The number of aromatic nitrogens is 2. The molecule has 0 spiro atoms. The number of nitrogens with zero attached hydrogens (tertiary/aromatic N) is 2. The maximum absolute atomic E-state index is 15.9. The van der Waals surface area contributed by atoms with Crippen molar-refractivity contribution in [2.24, 2.45) is 5.92 Å². The molecule has 1 aromatic heterocycles. The first-order valence-corrected chi connectivity index (χ1v) is 19.5. The van der Waals surface area contributed by atoms with Crippen molar-refractivity contribution in [3.05, 3.63) is 34.9 Å². The molecule has 1 aromatic rings. The predicted molar refractivity (Wildman–Crippen MR) is 158 cm³/mol. The van der Waals surface area contributed by atoms with E-state index in [0.717, 1.165) is 23.0 Å². The SMILES string of the molecule is C=C(C)[C@@H]1CC[C@](C)(S[P+](=S)OC[C@H]2O[C@@H](n3ccc(N)nc3=O)[C@H](F)C2O[Si](C)(C)C(C)(C)C)[C@@H](O)C1. The van der Waals surface area contributed by atoms with Gasteiger partial charge in [-0.1, -0.05) is 32.9 Å². The Morgan fingerprint density at radius 3 is 2.71 bits per heavy atom. The van der Waals surface area contributed by atoms with Gasteiger partial charge in [-0.2, -0.15) is 9.51 Å². The smallest absolute Gasteiger partial charge is 0.408 e. The fourth-order valence-corrected chi connectivity index (χ4v) is 10.6. The summed E-state index contributed by atoms with van der Waals surface area (Å²) < 4.78 is 35.2. The highest BCUT2D eigenvalue weighted by molar-refractivity contribution is 8.63. The number of ether oxygens (including phenoxy) is 1. The average molecular weight is 607 g/mol. The van der Waals surface area contributed by atoms with E-state index in [-0.39, 0.29) is 17.5 Å². The van der Waals surface area contributed by atoms with Crippen molar-refractivity contribution in [3.8, 4) is 0 Å². The van der Waals surface area contributed by atoms with E-state index in [1.165, 1.54) is 23.6 Å². The third-order valence-corrected chi connectivity index (χ3v) is 17.0. The van der Waals surface area contributed by atoms with Crippen molar-refractivity contribution in [3.63, 3.8) is 0 Å². The second-order valence-electron chi connectivity index (χ2n) is 12.2. The number of aliphatic hydroxyl groups excluding tert-OH is 1. The van der Waals surface area contributed by atoms with E-state index in [0.29, 0.717) is 12.3 Å². The van der Waals surface area contributed by atoms with E-state index in [1.54, 1.807) is 0 Å². The summed E-state index contributed by atoms with van der Waals surface area (Å²) in [6, 6.07) is 1.43. The number of hydrogen-bond donors (Lipinski definition) is 2. The van der Waals surface area contributed by atoms with Gasteiger partial charge in [-0.15, -0.1) is 0 Å². The average Bonchev–Trinajstić information content (AvgIpc) is 3.08. The molecule has 1 aliphatic heterocycles. The maximum Gasteiger partial charge on any atom is 0.415 e. The van der Waals surface area contributed by atoms with Crippen LogP contribution in [0.15, 0.2) is 29.2 Å². The van der Waals surface area contributed by atoms with Gasteiger partial charge in [0.1, 0.15) is 36.0 Å². The second-order valence-corrected chi connectivity index (χ2v) is 22.0. The molecule has 214 valence electrons. The number of anilines is 1. The van der Waals surface area contributed by atoms with Gasteiger partial charge in [0, 0.05) is 6.20 Å². The summed E-state index contributed by atoms with van der Waals surface area (Å²) in [6.45, 7) is 18.4. The quantitative estimate of drug-likeness (QED) is 0.215. The number of aliphatic hydroxyl groups is 1. The van der Waals surface area contributed by atoms with Crippen LogP contribution in [0.5, 0.6) is 0 Å². The van der Waals surface area contributed by atoms with Crippen LogP contribution >= 0.6 is 17.5 Å². The number of nitrogens with two attached hydrogens (primary N) is 1. The van der Waals surface area contributed by atoms with Crippen molar-refractivity contribution in [2.45, 2.75) is 107 Å². The Morgan fingerprint density at radius 1 is 1.50 bits per heavy atom. The van der Waals surface area contributed by atoms with Crippen LogP contribution in [0.25, 0.3) is 0 Å². The standard InChI is InChI=1S/C25H41FN3O5PS2Si/c1-15(2)16-9-11-25(6,18(30)13-16)37-35(36)32-14-17-21(34-38(7,8)24(3,4)5)20(26)22(33-17)29-12-10-19(27)28-23(29)31/h10,12,16-18,20-22,30H,1,9,11,13-14H2,2-8H3,(H-,27,28,31)/p+1/t16-,17-,18+,20-,21?,22-,25+/m1/s1. The molecule has 2 aliphatic rings. The highest BCUT2D eigenvalue weighted by Crippen LogP contribution is 2.55. The van der Waals surface area contributed by atoms with Gasteiger partial charge < -0.3 is 20.0 Å². The Hall–Kier alpha value is -0.723. The van der Waals surface area contributed by atoms with Crippen LogP contribution < -0.4 is 11.4 Å². The molecule has 1 saturated carbocycles. The molecular weight excluding hydrogens is 564 g/mol. The number of hydrogen-bond acceptors (Lipinski definition) is 9. The first-order chi connectivity index (χ1) is 17.4. The highest BCUT2D eigenvalue weighted by Gasteiger charge is 2.53. The summed E-state index contributed by atoms with van der Waals surface area (Å²) in [5.74, 6) is 0.357. The molecule has 8 nitrogen and oxygen atoms in total. The van der Waals surface area contributed by atoms with Crippen molar-refractivity contribution < 1.29 is 23.2 Å². The zero-order valence-corrected chi connectivity index (χ0v) is 26.9. The highest BCUT2D eigenvalue weighted by atomic mass is 32.9. The number of nitrogen functional groups attached to an aromatic ring is 1. The lowest BCUT2D eigenvalue weighted by atomic mass is 9.77. The van der Waals surface area contributed by atoms with E-state index in [1.807, 2.05) is 26.9 Å². The summed E-state index contributed by atoms with van der Waals surface area (Å²) in [7, 11) is -2.40. The van der Waals surface area contributed by atoms with E-state index >= 15 is 4.39 Å². The van der Waals surface area contributed by atoms with E-state index in [2.05, 4.69) is 32.3 Å². The summed E-state index contributed by atoms with van der Waals surface area (Å²) >= 11 is 7.14. The molecular formula is C25H42FN3O5PS2Si+. The number of allylic oxidation sites excluding steroid dienone is 1. The normalized spacial score (nSPS) is 32.8. The largest absolute Gasteiger partial charge is 0.415 e. The third-order valence-electron chi connectivity index (χ3n) is 8.16. The molecule has 0 aromatic carbocycles. The Bertz CT molecular complexity index is 1100. The molecule has 1 aliphatic carbocycles. The van der Waals surface area contributed by atoms with E-state index in [4.69, 9.17) is 31.2 Å². The predicted octanol–water partition coefficient (Wildman–Crippen LogP) is 5.47. The Kier molecular flexibility index (Phi) is 10.1. The van der Waals surface area contributed by atoms with Gasteiger partial charge in [-0.25, -0.2) is 9.18 Å². The minimum atomic E-state index is -2.40. The van der Waals surface area contributed by atoms with Gasteiger partial charge in [0.25, 0.3) is 0 Å². The second kappa shape index (κ2) is 12.0. The van der Waals surface area contributed by atoms with Crippen molar-refractivity contribution in [2.75, 3.05) is 12.3 Å². The Morgan fingerprint density at radius 2 is 2.16 bits per heavy atom. The molecule has 2 fully saturated rings. The zero-order valence-electron chi connectivity index (χ0n) is 23.3. The minimum Gasteiger partial charge on any atom is -0.408 e. The fourth-order valence-electron chi connectivity index (χ4n) is 4.48. The monoisotopic (exact) mass is 606 g/mol. The van der Waals surface area contributed by atoms with Gasteiger partial charge in [-0.3, -0.25) is 4.57 Å². The molecule has 0 bridgehead atoms. The van der Waals surface area contributed by atoms with Gasteiger partial charge in [0.05, 0.1) is 10.9 Å². The summed E-state index contributed by atoms with van der Waals surface area (Å²) in [5.41, 5.74) is 6.01. The molecule has 0 radical (unpaired) electrons. The molecule has 8 atom stereocenters. The maximum atomic E-state index is 15.9. The van der Waals surface area contributed by atoms with Crippen molar-refractivity contribution in [1.82, 2.24) is 9.55 Å². The number of alkyl halides is 1. The number of halogens is 1. The van der Waals surface area contributed by atoms with Gasteiger partial charge in [0.2, 0.25) is 11.8 Å². The van der Waals surface area contributed by atoms with Gasteiger partial charge >= 0.3 is 11.8 Å². The van der Waals surface area contributed by atoms with Crippen molar-refractivity contribution in [1.29, 1.82) is 0 Å². The minimum absolute atomic E-state index is 0.0101.